The highest BCUT2D eigenvalue weighted by molar-refractivity contribution is 5.93. The van der Waals surface area contributed by atoms with Gasteiger partial charge in [-0.15, -0.1) is 0 Å². The van der Waals surface area contributed by atoms with Gasteiger partial charge < -0.3 is 4.90 Å². The van der Waals surface area contributed by atoms with E-state index < -0.39 is 0 Å². The van der Waals surface area contributed by atoms with Crippen LogP contribution in [0.2, 0.25) is 0 Å². The summed E-state index contributed by atoms with van der Waals surface area (Å²) in [6, 6.07) is 11.3. The Morgan fingerprint density at radius 3 is 2.67 bits per heavy atom. The van der Waals surface area contributed by atoms with Gasteiger partial charge in [-0.1, -0.05) is 38.0 Å². The second-order valence-corrected chi connectivity index (χ2v) is 6.47. The lowest BCUT2D eigenvalue weighted by Crippen LogP contribution is -2.36. The number of fused-ring (bicyclic) bond motifs is 1. The molecule has 0 saturated carbocycles. The van der Waals surface area contributed by atoms with Gasteiger partial charge in [0, 0.05) is 25.5 Å². The van der Waals surface area contributed by atoms with Gasteiger partial charge in [0.25, 0.3) is 11.5 Å². The minimum absolute atomic E-state index is 0.0392. The number of rotatable bonds is 7. The summed E-state index contributed by atoms with van der Waals surface area (Å²) in [7, 11) is 0. The standard InChI is InChI=1S/C21H22FN3O2/c1-2-3-5-12-24(15-16-8-10-17(22)11-9-16)20(26)18-14-23-19-7-4-6-13-25(19)21(18)27/h4,6-11,13-14H,2-3,5,12,15H2,1H3. The number of benzene rings is 1. The molecule has 3 aromatic rings. The third kappa shape index (κ3) is 4.39. The smallest absolute Gasteiger partial charge is 0.270 e. The fourth-order valence-electron chi connectivity index (χ4n) is 2.96. The van der Waals surface area contributed by atoms with Crippen LogP contribution in [-0.2, 0) is 6.54 Å². The first-order valence-electron chi connectivity index (χ1n) is 9.10. The van der Waals surface area contributed by atoms with Gasteiger partial charge in [-0.25, -0.2) is 9.37 Å². The third-order valence-electron chi connectivity index (χ3n) is 4.45. The molecule has 0 atom stereocenters. The monoisotopic (exact) mass is 367 g/mol. The summed E-state index contributed by atoms with van der Waals surface area (Å²) in [6.07, 6.45) is 5.80. The highest BCUT2D eigenvalue weighted by atomic mass is 19.1. The minimum atomic E-state index is -0.384. The zero-order valence-electron chi connectivity index (χ0n) is 15.3. The Bertz CT molecular complexity index is 983. The number of pyridine rings is 1. The molecule has 3 rings (SSSR count). The topological polar surface area (TPSA) is 54.7 Å². The summed E-state index contributed by atoms with van der Waals surface area (Å²) in [6.45, 7) is 2.94. The van der Waals surface area contributed by atoms with Crippen molar-refractivity contribution < 1.29 is 9.18 Å². The Morgan fingerprint density at radius 1 is 1.15 bits per heavy atom. The maximum Gasteiger partial charge on any atom is 0.270 e. The van der Waals surface area contributed by atoms with Crippen LogP contribution in [0, 0.1) is 5.82 Å². The van der Waals surface area contributed by atoms with Gasteiger partial charge in [-0.05, 0) is 36.2 Å². The van der Waals surface area contributed by atoms with E-state index in [1.165, 1.54) is 22.7 Å². The van der Waals surface area contributed by atoms with Crippen molar-refractivity contribution in [3.05, 3.63) is 82.2 Å². The predicted molar refractivity (Wildman–Crippen MR) is 102 cm³/mol. The summed E-state index contributed by atoms with van der Waals surface area (Å²) in [5, 5.41) is 0. The third-order valence-corrected chi connectivity index (χ3v) is 4.45. The highest BCUT2D eigenvalue weighted by Gasteiger charge is 2.20. The summed E-state index contributed by atoms with van der Waals surface area (Å²) >= 11 is 0. The molecular formula is C21H22FN3O2. The van der Waals surface area contributed by atoms with Gasteiger partial charge in [0.05, 0.1) is 0 Å². The lowest BCUT2D eigenvalue weighted by Gasteiger charge is -2.22. The van der Waals surface area contributed by atoms with Crippen molar-refractivity contribution in [1.29, 1.82) is 0 Å². The molecule has 2 heterocycles. The van der Waals surface area contributed by atoms with Crippen LogP contribution in [0.5, 0.6) is 0 Å². The maximum absolute atomic E-state index is 13.2. The molecule has 27 heavy (non-hydrogen) atoms. The van der Waals surface area contributed by atoms with Gasteiger partial charge in [-0.3, -0.25) is 14.0 Å². The van der Waals surface area contributed by atoms with Crippen LogP contribution < -0.4 is 5.56 Å². The van der Waals surface area contributed by atoms with Crippen molar-refractivity contribution >= 4 is 11.6 Å². The summed E-state index contributed by atoms with van der Waals surface area (Å²) in [4.78, 5) is 31.7. The second kappa shape index (κ2) is 8.58. The van der Waals surface area contributed by atoms with Crippen molar-refractivity contribution in [2.75, 3.05) is 6.54 Å². The van der Waals surface area contributed by atoms with Gasteiger partial charge in [-0.2, -0.15) is 0 Å². The van der Waals surface area contributed by atoms with Crippen LogP contribution in [0.1, 0.15) is 42.1 Å². The van der Waals surface area contributed by atoms with E-state index in [1.807, 2.05) is 0 Å². The van der Waals surface area contributed by atoms with Gasteiger partial charge in [0.1, 0.15) is 17.0 Å². The molecule has 0 bridgehead atoms. The molecule has 0 spiro atoms. The molecule has 6 heteroatoms. The molecule has 0 aliphatic heterocycles. The van der Waals surface area contributed by atoms with E-state index in [1.54, 1.807) is 41.4 Å². The zero-order chi connectivity index (χ0) is 19.2. The van der Waals surface area contributed by atoms with Crippen LogP contribution in [0.25, 0.3) is 5.65 Å². The van der Waals surface area contributed by atoms with E-state index in [-0.39, 0.29) is 22.8 Å². The molecule has 1 amide bonds. The van der Waals surface area contributed by atoms with Gasteiger partial charge in [0.2, 0.25) is 0 Å². The SMILES string of the molecule is CCCCCN(Cc1ccc(F)cc1)C(=O)c1cnc2ccccn2c1=O. The molecule has 140 valence electrons. The van der Waals surface area contributed by atoms with Crippen molar-refractivity contribution in [1.82, 2.24) is 14.3 Å². The number of nitrogens with zero attached hydrogens (tertiary/aromatic N) is 3. The van der Waals surface area contributed by atoms with Crippen LogP contribution in [0.3, 0.4) is 0 Å². The lowest BCUT2D eigenvalue weighted by atomic mass is 10.1. The molecule has 0 aliphatic rings. The number of hydrogen-bond acceptors (Lipinski definition) is 3. The minimum Gasteiger partial charge on any atom is -0.334 e. The van der Waals surface area contributed by atoms with E-state index >= 15 is 0 Å². The number of halogens is 1. The Balaban J connectivity index is 1.90. The van der Waals surface area contributed by atoms with Crippen molar-refractivity contribution in [3.63, 3.8) is 0 Å². The molecule has 0 aliphatic carbocycles. The van der Waals surface area contributed by atoms with Crippen molar-refractivity contribution in [2.24, 2.45) is 0 Å². The van der Waals surface area contributed by atoms with Crippen molar-refractivity contribution in [3.8, 4) is 0 Å². The lowest BCUT2D eigenvalue weighted by molar-refractivity contribution is 0.0737. The van der Waals surface area contributed by atoms with E-state index in [0.717, 1.165) is 24.8 Å². The number of aromatic nitrogens is 2. The normalized spacial score (nSPS) is 10.9. The molecule has 0 radical (unpaired) electrons. The number of amides is 1. The van der Waals surface area contributed by atoms with Crippen LogP contribution in [0.4, 0.5) is 4.39 Å². The predicted octanol–water partition coefficient (Wildman–Crippen LogP) is 3.67. The van der Waals surface area contributed by atoms with Crippen LogP contribution in [-0.4, -0.2) is 26.7 Å². The van der Waals surface area contributed by atoms with Gasteiger partial charge >= 0.3 is 0 Å². The maximum atomic E-state index is 13.2. The van der Waals surface area contributed by atoms with E-state index in [0.29, 0.717) is 18.7 Å². The fraction of sp³-hybridized carbons (Fsp3) is 0.286. The molecule has 1 aromatic carbocycles. The van der Waals surface area contributed by atoms with E-state index in [9.17, 15) is 14.0 Å². The van der Waals surface area contributed by atoms with Crippen LogP contribution >= 0.6 is 0 Å². The highest BCUT2D eigenvalue weighted by Crippen LogP contribution is 2.11. The molecule has 0 saturated heterocycles. The number of carbonyl (C=O) groups is 1. The molecule has 0 N–H and O–H groups in total. The van der Waals surface area contributed by atoms with E-state index in [4.69, 9.17) is 0 Å². The second-order valence-electron chi connectivity index (χ2n) is 6.47. The quantitative estimate of drug-likeness (QED) is 0.599. The Hall–Kier alpha value is -3.02. The summed E-state index contributed by atoms with van der Waals surface area (Å²) < 4.78 is 14.5. The first-order valence-corrected chi connectivity index (χ1v) is 9.10. The first-order chi connectivity index (χ1) is 13.1. The summed E-state index contributed by atoms with van der Waals surface area (Å²) in [5.74, 6) is -0.675. The molecule has 2 aromatic heterocycles. The average molecular weight is 367 g/mol. The Kier molecular flexibility index (Phi) is 5.96. The van der Waals surface area contributed by atoms with Crippen molar-refractivity contribution in [2.45, 2.75) is 32.7 Å². The molecular weight excluding hydrogens is 345 g/mol. The van der Waals surface area contributed by atoms with Crippen LogP contribution in [0.15, 0.2) is 59.7 Å². The first kappa shape index (κ1) is 18.8. The number of unbranched alkanes of at least 4 members (excludes halogenated alkanes) is 2. The largest absolute Gasteiger partial charge is 0.334 e. The number of hydrogen-bond donors (Lipinski definition) is 0. The zero-order valence-corrected chi connectivity index (χ0v) is 15.3. The fourth-order valence-corrected chi connectivity index (χ4v) is 2.96. The Labute approximate surface area is 157 Å². The van der Waals surface area contributed by atoms with Gasteiger partial charge in [0.15, 0.2) is 0 Å². The molecule has 0 fully saturated rings. The molecule has 0 unspecified atom stereocenters. The number of carbonyl (C=O) groups excluding carboxylic acids is 1. The van der Waals surface area contributed by atoms with E-state index in [2.05, 4.69) is 11.9 Å². The molecule has 5 nitrogen and oxygen atoms in total. The Morgan fingerprint density at radius 2 is 1.93 bits per heavy atom. The summed E-state index contributed by atoms with van der Waals surface area (Å²) in [5.41, 5.74) is 0.965. The average Bonchev–Trinajstić information content (AvgIpc) is 2.69.